The van der Waals surface area contributed by atoms with E-state index in [1.807, 2.05) is 37.3 Å². The Kier molecular flexibility index (Phi) is 3.02. The van der Waals surface area contributed by atoms with E-state index in [0.717, 1.165) is 11.1 Å². The van der Waals surface area contributed by atoms with Gasteiger partial charge in [0, 0.05) is 11.1 Å². The second-order valence-corrected chi connectivity index (χ2v) is 6.05. The molecule has 5 rings (SSSR count). The van der Waals surface area contributed by atoms with Crippen molar-refractivity contribution in [1.29, 1.82) is 0 Å². The average molecular weight is 347 g/mol. The van der Waals surface area contributed by atoms with Crippen molar-refractivity contribution in [1.82, 2.24) is 30.4 Å². The number of aryl methyl sites for hydroxylation is 1. The molecule has 9 nitrogen and oxygen atoms in total. The molecule has 4 aromatic rings. The minimum atomic E-state index is -0.502. The summed E-state index contributed by atoms with van der Waals surface area (Å²) in [5.41, 5.74) is 3.32. The van der Waals surface area contributed by atoms with Crippen molar-refractivity contribution in [2.24, 2.45) is 0 Å². The first-order valence-corrected chi connectivity index (χ1v) is 8.00. The van der Waals surface area contributed by atoms with Crippen LogP contribution in [0, 0.1) is 6.92 Å². The Morgan fingerprint density at radius 1 is 1.19 bits per heavy atom. The van der Waals surface area contributed by atoms with Gasteiger partial charge in [-0.25, -0.2) is 5.10 Å². The van der Waals surface area contributed by atoms with Gasteiger partial charge in [-0.05, 0) is 29.5 Å². The highest BCUT2D eigenvalue weighted by atomic mass is 16.3. The standard InChI is InChI=1S/C17H13N7O2/c1-9-4-6-10(7-5-9)13-12-14(16(25)20-19-13)18-17-21-22-23-24(17)15(12)11-3-2-8-26-11/h2-8,15H,1H3,(H,20,25)(H,18,21,23)/t15-/m1/s1. The fourth-order valence-electron chi connectivity index (χ4n) is 3.18. The van der Waals surface area contributed by atoms with Crippen LogP contribution in [0.15, 0.2) is 51.9 Å². The predicted molar refractivity (Wildman–Crippen MR) is 92.1 cm³/mol. The van der Waals surface area contributed by atoms with Gasteiger partial charge in [-0.2, -0.15) is 9.78 Å². The molecule has 9 heteroatoms. The number of furan rings is 1. The highest BCUT2D eigenvalue weighted by molar-refractivity contribution is 5.75. The molecule has 0 aliphatic carbocycles. The molecule has 0 radical (unpaired) electrons. The highest BCUT2D eigenvalue weighted by Crippen LogP contribution is 2.40. The Morgan fingerprint density at radius 3 is 2.81 bits per heavy atom. The van der Waals surface area contributed by atoms with E-state index in [9.17, 15) is 4.79 Å². The number of tetrazole rings is 1. The molecule has 2 N–H and O–H groups in total. The van der Waals surface area contributed by atoms with Crippen molar-refractivity contribution in [2.75, 3.05) is 5.32 Å². The molecular formula is C17H13N7O2. The lowest BCUT2D eigenvalue weighted by atomic mass is 9.95. The van der Waals surface area contributed by atoms with Crippen LogP contribution in [0.5, 0.6) is 0 Å². The Bertz CT molecular complexity index is 1140. The predicted octanol–water partition coefficient (Wildman–Crippen LogP) is 2.02. The first-order chi connectivity index (χ1) is 12.7. The maximum absolute atomic E-state index is 12.5. The molecular weight excluding hydrogens is 334 g/mol. The number of rotatable bonds is 2. The van der Waals surface area contributed by atoms with Gasteiger partial charge < -0.3 is 9.73 Å². The molecule has 0 saturated carbocycles. The monoisotopic (exact) mass is 347 g/mol. The number of nitrogens with one attached hydrogen (secondary N) is 2. The van der Waals surface area contributed by atoms with Gasteiger partial charge in [0.1, 0.15) is 17.5 Å². The number of hydrogen-bond acceptors (Lipinski definition) is 7. The van der Waals surface area contributed by atoms with Crippen molar-refractivity contribution in [3.63, 3.8) is 0 Å². The van der Waals surface area contributed by atoms with E-state index in [2.05, 4.69) is 31.0 Å². The second kappa shape index (κ2) is 5.38. The summed E-state index contributed by atoms with van der Waals surface area (Å²) in [6.07, 6.45) is 1.58. The number of aromatic amines is 1. The van der Waals surface area contributed by atoms with E-state index in [1.165, 1.54) is 0 Å². The Hall–Kier alpha value is -3.75. The zero-order valence-corrected chi connectivity index (χ0v) is 13.7. The summed E-state index contributed by atoms with van der Waals surface area (Å²) in [6.45, 7) is 2.01. The zero-order chi connectivity index (χ0) is 17.7. The average Bonchev–Trinajstić information content (AvgIpc) is 3.33. The van der Waals surface area contributed by atoms with Crippen LogP contribution in [0.2, 0.25) is 0 Å². The number of fused-ring (bicyclic) bond motifs is 2. The molecule has 1 aromatic carbocycles. The molecule has 1 aliphatic heterocycles. The largest absolute Gasteiger partial charge is 0.467 e. The third-order valence-electron chi connectivity index (χ3n) is 4.41. The van der Waals surface area contributed by atoms with Gasteiger partial charge >= 0.3 is 0 Å². The Morgan fingerprint density at radius 2 is 2.04 bits per heavy atom. The van der Waals surface area contributed by atoms with Crippen molar-refractivity contribution in [2.45, 2.75) is 13.0 Å². The van der Waals surface area contributed by atoms with Crippen molar-refractivity contribution in [3.8, 4) is 11.3 Å². The Labute approximate surface area is 146 Å². The number of anilines is 2. The quantitative estimate of drug-likeness (QED) is 0.502. The SMILES string of the molecule is Cc1ccc(-c2n[nH]c(=O)c3c2[C@@H](c2ccco2)n2nnnc2N3)cc1. The lowest BCUT2D eigenvalue weighted by Crippen LogP contribution is -2.28. The maximum Gasteiger partial charge on any atom is 0.288 e. The summed E-state index contributed by atoms with van der Waals surface area (Å²) in [5, 5.41) is 21.6. The molecule has 0 saturated heterocycles. The summed E-state index contributed by atoms with van der Waals surface area (Å²) in [7, 11) is 0. The van der Waals surface area contributed by atoms with Crippen LogP contribution < -0.4 is 10.9 Å². The van der Waals surface area contributed by atoms with Gasteiger partial charge in [-0.3, -0.25) is 4.79 Å². The first kappa shape index (κ1) is 14.6. The first-order valence-electron chi connectivity index (χ1n) is 8.00. The van der Waals surface area contributed by atoms with Crippen LogP contribution in [0.1, 0.15) is 22.9 Å². The molecule has 128 valence electrons. The van der Waals surface area contributed by atoms with Gasteiger partial charge in [0.05, 0.1) is 12.0 Å². The summed E-state index contributed by atoms with van der Waals surface area (Å²) in [5.74, 6) is 0.979. The minimum Gasteiger partial charge on any atom is -0.467 e. The smallest absolute Gasteiger partial charge is 0.288 e. The van der Waals surface area contributed by atoms with Gasteiger partial charge in [0.25, 0.3) is 5.56 Å². The molecule has 26 heavy (non-hydrogen) atoms. The molecule has 0 fully saturated rings. The van der Waals surface area contributed by atoms with E-state index in [0.29, 0.717) is 28.7 Å². The fraction of sp³-hybridized carbons (Fsp3) is 0.118. The molecule has 0 bridgehead atoms. The summed E-state index contributed by atoms with van der Waals surface area (Å²) < 4.78 is 7.21. The van der Waals surface area contributed by atoms with Crippen LogP contribution in [0.3, 0.4) is 0 Å². The van der Waals surface area contributed by atoms with Crippen LogP contribution in [0.4, 0.5) is 11.6 Å². The number of H-pyrrole nitrogens is 1. The van der Waals surface area contributed by atoms with Gasteiger partial charge in [-0.15, -0.1) is 0 Å². The fourth-order valence-corrected chi connectivity index (χ4v) is 3.18. The number of nitrogens with zero attached hydrogens (tertiary/aromatic N) is 5. The number of aromatic nitrogens is 6. The van der Waals surface area contributed by atoms with E-state index in [4.69, 9.17) is 4.42 Å². The van der Waals surface area contributed by atoms with Crippen molar-refractivity contribution >= 4 is 11.6 Å². The minimum absolute atomic E-state index is 0.346. The summed E-state index contributed by atoms with van der Waals surface area (Å²) >= 11 is 0. The maximum atomic E-state index is 12.5. The molecule has 0 unspecified atom stereocenters. The van der Waals surface area contributed by atoms with Crippen LogP contribution in [0.25, 0.3) is 11.3 Å². The molecule has 4 heterocycles. The zero-order valence-electron chi connectivity index (χ0n) is 13.7. The lowest BCUT2D eigenvalue weighted by Gasteiger charge is -2.26. The Balaban J connectivity index is 1.82. The van der Waals surface area contributed by atoms with Gasteiger partial charge in [0.15, 0.2) is 0 Å². The molecule has 1 atom stereocenters. The van der Waals surface area contributed by atoms with E-state index >= 15 is 0 Å². The number of benzene rings is 1. The van der Waals surface area contributed by atoms with Gasteiger partial charge in [-0.1, -0.05) is 34.9 Å². The normalized spacial score (nSPS) is 15.2. The van der Waals surface area contributed by atoms with E-state index < -0.39 is 6.04 Å². The second-order valence-electron chi connectivity index (χ2n) is 6.05. The lowest BCUT2D eigenvalue weighted by molar-refractivity contribution is 0.435. The topological polar surface area (TPSA) is 115 Å². The van der Waals surface area contributed by atoms with Gasteiger partial charge in [0.2, 0.25) is 5.95 Å². The van der Waals surface area contributed by atoms with E-state index in [-0.39, 0.29) is 5.56 Å². The van der Waals surface area contributed by atoms with Crippen molar-refractivity contribution in [3.05, 3.63) is 69.9 Å². The van der Waals surface area contributed by atoms with Crippen LogP contribution in [-0.4, -0.2) is 30.4 Å². The third kappa shape index (κ3) is 2.07. The molecule has 0 amide bonds. The number of hydrogen-bond donors (Lipinski definition) is 2. The summed E-state index contributed by atoms with van der Waals surface area (Å²) in [6, 6.07) is 11.0. The van der Waals surface area contributed by atoms with E-state index in [1.54, 1.807) is 17.0 Å². The van der Waals surface area contributed by atoms with Crippen molar-refractivity contribution < 1.29 is 4.42 Å². The molecule has 3 aromatic heterocycles. The van der Waals surface area contributed by atoms with Crippen LogP contribution in [-0.2, 0) is 0 Å². The van der Waals surface area contributed by atoms with Crippen LogP contribution >= 0.6 is 0 Å². The molecule has 1 aliphatic rings. The third-order valence-corrected chi connectivity index (χ3v) is 4.41. The highest BCUT2D eigenvalue weighted by Gasteiger charge is 2.35. The summed E-state index contributed by atoms with van der Waals surface area (Å²) in [4.78, 5) is 12.5. The molecule has 0 spiro atoms.